The van der Waals surface area contributed by atoms with Gasteiger partial charge in [0.15, 0.2) is 0 Å². The Morgan fingerprint density at radius 3 is 2.57 bits per heavy atom. The molecule has 3 rings (SSSR count). The topological polar surface area (TPSA) is 94.1 Å². The van der Waals surface area contributed by atoms with Crippen LogP contribution in [0.15, 0.2) is 29.4 Å². The smallest absolute Gasteiger partial charge is 0.319 e. The van der Waals surface area contributed by atoms with Crippen LogP contribution in [0.5, 0.6) is 0 Å². The average molecular weight is 410 g/mol. The molecule has 2 fully saturated rings. The number of urea groups is 1. The van der Waals surface area contributed by atoms with Crippen LogP contribution in [0.25, 0.3) is 0 Å². The van der Waals surface area contributed by atoms with Gasteiger partial charge in [0.05, 0.1) is 0 Å². The van der Waals surface area contributed by atoms with Crippen LogP contribution in [0.1, 0.15) is 13.3 Å². The fourth-order valence-electron chi connectivity index (χ4n) is 4.00. The largest absolute Gasteiger partial charge is 0.342 e. The second kappa shape index (κ2) is 7.67. The molecule has 3 heterocycles. The number of rotatable bonds is 3. The number of aromatic nitrogens is 1. The molecule has 3 amide bonds. The van der Waals surface area contributed by atoms with E-state index in [0.717, 1.165) is 0 Å². The molecule has 9 nitrogen and oxygen atoms in total. The Hall–Kier alpha value is -2.20. The minimum Gasteiger partial charge on any atom is -0.342 e. The molecule has 0 unspecified atom stereocenters. The summed E-state index contributed by atoms with van der Waals surface area (Å²) in [5.74, 6) is 0.000350. The zero-order valence-corrected chi connectivity index (χ0v) is 17.4. The number of hydrogen-bond acceptors (Lipinski definition) is 5. The van der Waals surface area contributed by atoms with Crippen LogP contribution < -0.4 is 0 Å². The Labute approximate surface area is 166 Å². The van der Waals surface area contributed by atoms with E-state index in [1.54, 1.807) is 30.0 Å². The third kappa shape index (κ3) is 3.83. The molecule has 0 N–H and O–H groups in total. The molecule has 0 aliphatic carbocycles. The number of carbonyl (C=O) groups is 2. The summed E-state index contributed by atoms with van der Waals surface area (Å²) in [6.07, 6.45) is 3.08. The Kier molecular flexibility index (Phi) is 5.62. The number of carbonyl (C=O) groups excluding carboxylic acids is 2. The van der Waals surface area contributed by atoms with Crippen LogP contribution in [0.3, 0.4) is 0 Å². The lowest BCUT2D eigenvalue weighted by molar-refractivity contribution is -0.127. The predicted octanol–water partition coefficient (Wildman–Crippen LogP) is 0.308. The lowest BCUT2D eigenvalue weighted by Gasteiger charge is -2.34. The first kappa shape index (κ1) is 20.5. The lowest BCUT2D eigenvalue weighted by Crippen LogP contribution is -2.47. The van der Waals surface area contributed by atoms with Crippen molar-refractivity contribution in [3.63, 3.8) is 0 Å². The fourth-order valence-corrected chi connectivity index (χ4v) is 5.51. The van der Waals surface area contributed by atoms with Gasteiger partial charge in [-0.05, 0) is 19.1 Å². The second-order valence-electron chi connectivity index (χ2n) is 7.71. The maximum absolute atomic E-state index is 13.2. The molecule has 0 bridgehead atoms. The highest BCUT2D eigenvalue weighted by atomic mass is 32.2. The molecule has 28 heavy (non-hydrogen) atoms. The molecule has 0 aromatic carbocycles. The zero-order valence-electron chi connectivity index (χ0n) is 16.5. The van der Waals surface area contributed by atoms with Crippen LogP contribution >= 0.6 is 0 Å². The molecule has 1 aromatic heterocycles. The first-order valence-corrected chi connectivity index (χ1v) is 10.8. The van der Waals surface area contributed by atoms with Gasteiger partial charge < -0.3 is 14.7 Å². The fraction of sp³-hybridized carbons (Fsp3) is 0.611. The SMILES string of the molecule is CCN1C[C@@]2(CC1=O)CN(C(=O)N(C)C)CCN(S(=O)(=O)c1cccnc1)C2. The average Bonchev–Trinajstić information content (AvgIpc) is 2.85. The molecular formula is C18H27N5O4S. The molecule has 1 aromatic rings. The monoisotopic (exact) mass is 409 g/mol. The molecule has 1 atom stereocenters. The molecule has 2 aliphatic rings. The van der Waals surface area contributed by atoms with Crippen molar-refractivity contribution in [2.24, 2.45) is 5.41 Å². The third-order valence-corrected chi connectivity index (χ3v) is 7.20. The molecule has 0 saturated carbocycles. The van der Waals surface area contributed by atoms with Gasteiger partial charge in [-0.3, -0.25) is 9.78 Å². The number of pyridine rings is 1. The van der Waals surface area contributed by atoms with E-state index >= 15 is 0 Å². The standard InChI is InChI=1S/C18H27N5O4S/c1-4-21-12-18(10-16(21)24)13-22(17(25)20(2)3)8-9-23(14-18)28(26,27)15-6-5-7-19-11-15/h5-7,11H,4,8-10,12-14H2,1-3H3/t18-/m0/s1. The van der Waals surface area contributed by atoms with Crippen LogP contribution in [-0.4, -0.2) is 97.7 Å². The lowest BCUT2D eigenvalue weighted by atomic mass is 9.86. The maximum Gasteiger partial charge on any atom is 0.319 e. The van der Waals surface area contributed by atoms with Crippen molar-refractivity contribution in [2.75, 3.05) is 53.4 Å². The Morgan fingerprint density at radius 2 is 2.00 bits per heavy atom. The van der Waals surface area contributed by atoms with E-state index in [1.807, 2.05) is 6.92 Å². The molecule has 154 valence electrons. The highest BCUT2D eigenvalue weighted by molar-refractivity contribution is 7.89. The molecule has 2 aliphatic heterocycles. The number of amides is 3. The summed E-state index contributed by atoms with van der Waals surface area (Å²) >= 11 is 0. The molecule has 1 spiro atoms. The summed E-state index contributed by atoms with van der Waals surface area (Å²) < 4.78 is 27.8. The number of nitrogens with zero attached hydrogens (tertiary/aromatic N) is 5. The Morgan fingerprint density at radius 1 is 1.25 bits per heavy atom. The van der Waals surface area contributed by atoms with E-state index in [0.29, 0.717) is 19.6 Å². The van der Waals surface area contributed by atoms with Crippen molar-refractivity contribution in [3.05, 3.63) is 24.5 Å². The summed E-state index contributed by atoms with van der Waals surface area (Å²) in [5, 5.41) is 0. The van der Waals surface area contributed by atoms with Gasteiger partial charge in [-0.1, -0.05) is 0 Å². The first-order valence-electron chi connectivity index (χ1n) is 9.33. The molecule has 2 saturated heterocycles. The second-order valence-corrected chi connectivity index (χ2v) is 9.65. The van der Waals surface area contributed by atoms with Gasteiger partial charge in [0.25, 0.3) is 0 Å². The van der Waals surface area contributed by atoms with Crippen molar-refractivity contribution in [2.45, 2.75) is 18.2 Å². The van der Waals surface area contributed by atoms with Crippen LogP contribution in [0.2, 0.25) is 0 Å². The van der Waals surface area contributed by atoms with Gasteiger partial charge in [-0.2, -0.15) is 4.31 Å². The van der Waals surface area contributed by atoms with Gasteiger partial charge in [0.1, 0.15) is 4.90 Å². The number of sulfonamides is 1. The van der Waals surface area contributed by atoms with Gasteiger partial charge in [-0.15, -0.1) is 0 Å². The molecular weight excluding hydrogens is 382 g/mol. The van der Waals surface area contributed by atoms with Crippen molar-refractivity contribution < 1.29 is 18.0 Å². The minimum absolute atomic E-state index is 0.000350. The van der Waals surface area contributed by atoms with E-state index in [-0.39, 0.29) is 42.9 Å². The van der Waals surface area contributed by atoms with E-state index < -0.39 is 15.4 Å². The summed E-state index contributed by atoms with van der Waals surface area (Å²) in [6, 6.07) is 2.92. The summed E-state index contributed by atoms with van der Waals surface area (Å²) in [4.78, 5) is 34.0. The van der Waals surface area contributed by atoms with Crippen molar-refractivity contribution >= 4 is 22.0 Å². The Balaban J connectivity index is 1.96. The number of hydrogen-bond donors (Lipinski definition) is 0. The van der Waals surface area contributed by atoms with E-state index in [2.05, 4.69) is 4.98 Å². The van der Waals surface area contributed by atoms with E-state index in [9.17, 15) is 18.0 Å². The highest BCUT2D eigenvalue weighted by Crippen LogP contribution is 2.36. The van der Waals surface area contributed by atoms with Gasteiger partial charge in [-0.25, -0.2) is 13.2 Å². The normalized spacial score (nSPS) is 23.9. The van der Waals surface area contributed by atoms with Crippen LogP contribution in [0.4, 0.5) is 4.79 Å². The van der Waals surface area contributed by atoms with Gasteiger partial charge >= 0.3 is 6.03 Å². The third-order valence-electron chi connectivity index (χ3n) is 5.37. The summed E-state index contributed by atoms with van der Waals surface area (Å²) in [5.41, 5.74) is -0.620. The number of likely N-dealkylation sites (tertiary alicyclic amines) is 1. The first-order chi connectivity index (χ1) is 13.2. The quantitative estimate of drug-likeness (QED) is 0.716. The van der Waals surface area contributed by atoms with Crippen LogP contribution in [-0.2, 0) is 14.8 Å². The van der Waals surface area contributed by atoms with E-state index in [1.165, 1.54) is 27.7 Å². The van der Waals surface area contributed by atoms with Crippen LogP contribution in [0, 0.1) is 5.41 Å². The highest BCUT2D eigenvalue weighted by Gasteiger charge is 2.49. The Bertz CT molecular complexity index is 845. The maximum atomic E-state index is 13.2. The molecule has 10 heteroatoms. The van der Waals surface area contributed by atoms with Crippen molar-refractivity contribution in [3.8, 4) is 0 Å². The minimum atomic E-state index is -3.77. The van der Waals surface area contributed by atoms with Gasteiger partial charge in [0.2, 0.25) is 15.9 Å². The predicted molar refractivity (Wildman–Crippen MR) is 103 cm³/mol. The van der Waals surface area contributed by atoms with Crippen molar-refractivity contribution in [1.82, 2.24) is 24.0 Å². The van der Waals surface area contributed by atoms with E-state index in [4.69, 9.17) is 0 Å². The van der Waals surface area contributed by atoms with Gasteiger partial charge in [0, 0.05) is 77.6 Å². The zero-order chi connectivity index (χ0) is 20.5. The summed E-state index contributed by atoms with van der Waals surface area (Å²) in [6.45, 7) is 3.92. The van der Waals surface area contributed by atoms with Crippen molar-refractivity contribution in [1.29, 1.82) is 0 Å². The molecule has 0 radical (unpaired) electrons. The summed E-state index contributed by atoms with van der Waals surface area (Å²) in [7, 11) is -0.433.